The number of nitrogens with zero attached hydrogens (tertiary/aromatic N) is 1. The van der Waals surface area contributed by atoms with E-state index in [1.165, 1.54) is 18.4 Å². The molecule has 116 valence electrons. The minimum absolute atomic E-state index is 0.0381. The van der Waals surface area contributed by atoms with Crippen LogP contribution in [0.15, 0.2) is 60.7 Å². The lowest BCUT2D eigenvalue weighted by molar-refractivity contribution is 0.0284. The third-order valence-corrected chi connectivity index (χ3v) is 4.79. The summed E-state index contributed by atoms with van der Waals surface area (Å²) in [6.45, 7) is 4.44. The predicted octanol–water partition coefficient (Wildman–Crippen LogP) is 4.19. The van der Waals surface area contributed by atoms with Crippen molar-refractivity contribution in [3.05, 3.63) is 71.8 Å². The molecule has 2 aromatic carbocycles. The molecule has 2 nitrogen and oxygen atoms in total. The monoisotopic (exact) mass is 295 g/mol. The summed E-state index contributed by atoms with van der Waals surface area (Å²) in [4.78, 5) is 2.45. The lowest BCUT2D eigenvalue weighted by Gasteiger charge is -2.39. The maximum Gasteiger partial charge on any atom is 0.0986 e. The molecule has 1 heterocycles. The van der Waals surface area contributed by atoms with Crippen LogP contribution in [0.4, 0.5) is 0 Å². The Balaban J connectivity index is 1.89. The smallest absolute Gasteiger partial charge is 0.0986 e. The van der Waals surface area contributed by atoms with Gasteiger partial charge < -0.3 is 5.11 Å². The minimum atomic E-state index is -0.489. The molecule has 2 aromatic rings. The normalized spacial score (nSPS) is 19.7. The molecule has 0 amide bonds. The fourth-order valence-electron chi connectivity index (χ4n) is 3.38. The van der Waals surface area contributed by atoms with Crippen molar-refractivity contribution in [2.24, 2.45) is 5.92 Å². The summed E-state index contributed by atoms with van der Waals surface area (Å²) in [5.41, 5.74) is 2.20. The van der Waals surface area contributed by atoms with Crippen LogP contribution in [0, 0.1) is 5.92 Å². The van der Waals surface area contributed by atoms with Crippen molar-refractivity contribution >= 4 is 0 Å². The third-order valence-electron chi connectivity index (χ3n) is 4.79. The van der Waals surface area contributed by atoms with Crippen LogP contribution in [-0.4, -0.2) is 23.1 Å². The van der Waals surface area contributed by atoms with Crippen LogP contribution in [-0.2, 0) is 0 Å². The fourth-order valence-corrected chi connectivity index (χ4v) is 3.38. The average Bonchev–Trinajstić information content (AvgIpc) is 2.58. The van der Waals surface area contributed by atoms with E-state index in [9.17, 15) is 5.11 Å². The standard InChI is InChI=1S/C20H25NO/c1-16-12-14-21(15-13-16)19(17-8-4-2-5-9-17)20(22)18-10-6-3-7-11-18/h2-11,16,19-20,22H,12-15H2,1H3/t19-,20-/m1/s1. The summed E-state index contributed by atoms with van der Waals surface area (Å²) in [5, 5.41) is 11.0. The molecule has 0 spiro atoms. The van der Waals surface area contributed by atoms with Crippen LogP contribution in [0.1, 0.15) is 43.0 Å². The van der Waals surface area contributed by atoms with Gasteiger partial charge in [0.05, 0.1) is 12.1 Å². The van der Waals surface area contributed by atoms with Crippen molar-refractivity contribution in [2.45, 2.75) is 31.9 Å². The molecule has 0 saturated carbocycles. The van der Waals surface area contributed by atoms with Crippen molar-refractivity contribution in [3.63, 3.8) is 0 Å². The molecule has 1 aliphatic rings. The van der Waals surface area contributed by atoms with Crippen LogP contribution >= 0.6 is 0 Å². The van der Waals surface area contributed by atoms with Crippen molar-refractivity contribution in [1.29, 1.82) is 0 Å². The Morgan fingerprint density at radius 3 is 1.91 bits per heavy atom. The van der Waals surface area contributed by atoms with Gasteiger partial charge >= 0.3 is 0 Å². The van der Waals surface area contributed by atoms with Gasteiger partial charge in [-0.05, 0) is 43.0 Å². The van der Waals surface area contributed by atoms with Crippen LogP contribution in [0.5, 0.6) is 0 Å². The molecule has 1 fully saturated rings. The van der Waals surface area contributed by atoms with Gasteiger partial charge in [-0.3, -0.25) is 4.90 Å². The van der Waals surface area contributed by atoms with E-state index < -0.39 is 6.10 Å². The molecule has 1 saturated heterocycles. The van der Waals surface area contributed by atoms with E-state index in [4.69, 9.17) is 0 Å². The maximum atomic E-state index is 11.0. The number of rotatable bonds is 4. The highest BCUT2D eigenvalue weighted by atomic mass is 16.3. The molecule has 0 bridgehead atoms. The number of piperidine rings is 1. The van der Waals surface area contributed by atoms with Gasteiger partial charge in [0.2, 0.25) is 0 Å². The second-order valence-corrected chi connectivity index (χ2v) is 6.43. The molecular formula is C20H25NO. The SMILES string of the molecule is CC1CCN([C@H](c2ccccc2)[C@H](O)c2ccccc2)CC1. The Morgan fingerprint density at radius 1 is 0.864 bits per heavy atom. The Bertz CT molecular complexity index is 561. The highest BCUT2D eigenvalue weighted by molar-refractivity contribution is 5.26. The molecule has 0 radical (unpaired) electrons. The number of hydrogen-bond donors (Lipinski definition) is 1. The quantitative estimate of drug-likeness (QED) is 0.914. The van der Waals surface area contributed by atoms with E-state index in [1.807, 2.05) is 36.4 Å². The van der Waals surface area contributed by atoms with Crippen LogP contribution in [0.3, 0.4) is 0 Å². The molecule has 2 atom stereocenters. The molecule has 0 aliphatic carbocycles. The highest BCUT2D eigenvalue weighted by Crippen LogP contribution is 2.36. The molecule has 3 rings (SSSR count). The number of aliphatic hydroxyl groups excluding tert-OH is 1. The Morgan fingerprint density at radius 2 is 1.36 bits per heavy atom. The first-order valence-corrected chi connectivity index (χ1v) is 8.27. The van der Waals surface area contributed by atoms with Crippen LogP contribution in [0.25, 0.3) is 0 Å². The van der Waals surface area contributed by atoms with Crippen molar-refractivity contribution in [3.8, 4) is 0 Å². The van der Waals surface area contributed by atoms with E-state index in [0.717, 1.165) is 24.6 Å². The van der Waals surface area contributed by atoms with Gasteiger partial charge in [0.15, 0.2) is 0 Å². The highest BCUT2D eigenvalue weighted by Gasteiger charge is 2.30. The number of aliphatic hydroxyl groups is 1. The fraction of sp³-hybridized carbons (Fsp3) is 0.400. The first kappa shape index (κ1) is 15.3. The maximum absolute atomic E-state index is 11.0. The van der Waals surface area contributed by atoms with Gasteiger partial charge in [-0.1, -0.05) is 67.6 Å². The summed E-state index contributed by atoms with van der Waals surface area (Å²) in [6, 6.07) is 20.5. The number of hydrogen-bond acceptors (Lipinski definition) is 2. The predicted molar refractivity (Wildman–Crippen MR) is 90.6 cm³/mol. The average molecular weight is 295 g/mol. The van der Waals surface area contributed by atoms with E-state index in [-0.39, 0.29) is 6.04 Å². The van der Waals surface area contributed by atoms with E-state index in [1.54, 1.807) is 0 Å². The molecule has 1 N–H and O–H groups in total. The first-order chi connectivity index (χ1) is 10.8. The zero-order valence-electron chi connectivity index (χ0n) is 13.2. The van der Waals surface area contributed by atoms with Crippen molar-refractivity contribution < 1.29 is 5.11 Å². The first-order valence-electron chi connectivity index (χ1n) is 8.27. The van der Waals surface area contributed by atoms with Crippen molar-refractivity contribution in [2.75, 3.05) is 13.1 Å². The van der Waals surface area contributed by atoms with Gasteiger partial charge in [0.1, 0.15) is 0 Å². The zero-order valence-corrected chi connectivity index (χ0v) is 13.2. The van der Waals surface area contributed by atoms with Crippen molar-refractivity contribution in [1.82, 2.24) is 4.90 Å². The van der Waals surface area contributed by atoms with Gasteiger partial charge in [0.25, 0.3) is 0 Å². The van der Waals surface area contributed by atoms with Crippen LogP contribution < -0.4 is 0 Å². The lowest BCUT2D eigenvalue weighted by atomic mass is 9.91. The zero-order chi connectivity index (χ0) is 15.4. The van der Waals surface area contributed by atoms with Crippen LogP contribution in [0.2, 0.25) is 0 Å². The summed E-state index contributed by atoms with van der Waals surface area (Å²) < 4.78 is 0. The van der Waals surface area contributed by atoms with Gasteiger partial charge in [-0.25, -0.2) is 0 Å². The molecule has 22 heavy (non-hydrogen) atoms. The van der Waals surface area contributed by atoms with E-state index in [2.05, 4.69) is 36.1 Å². The molecule has 2 heteroatoms. The topological polar surface area (TPSA) is 23.5 Å². The van der Waals surface area contributed by atoms with Gasteiger partial charge in [-0.15, -0.1) is 0 Å². The molecule has 0 unspecified atom stereocenters. The van der Waals surface area contributed by atoms with E-state index in [0.29, 0.717) is 0 Å². The summed E-state index contributed by atoms with van der Waals surface area (Å²) >= 11 is 0. The Hall–Kier alpha value is -1.64. The molecule has 0 aromatic heterocycles. The van der Waals surface area contributed by atoms with E-state index >= 15 is 0 Å². The third kappa shape index (κ3) is 3.40. The minimum Gasteiger partial charge on any atom is -0.386 e. The Kier molecular flexibility index (Phi) is 4.91. The molecular weight excluding hydrogens is 270 g/mol. The number of likely N-dealkylation sites (tertiary alicyclic amines) is 1. The summed E-state index contributed by atoms with van der Waals surface area (Å²) in [6.07, 6.45) is 1.94. The second-order valence-electron chi connectivity index (χ2n) is 6.43. The number of benzene rings is 2. The van der Waals surface area contributed by atoms with Gasteiger partial charge in [-0.2, -0.15) is 0 Å². The summed E-state index contributed by atoms with van der Waals surface area (Å²) in [5.74, 6) is 0.793. The molecule has 1 aliphatic heterocycles. The summed E-state index contributed by atoms with van der Waals surface area (Å²) in [7, 11) is 0. The second kappa shape index (κ2) is 7.08. The van der Waals surface area contributed by atoms with Gasteiger partial charge in [0, 0.05) is 0 Å². The largest absolute Gasteiger partial charge is 0.386 e. The lowest BCUT2D eigenvalue weighted by Crippen LogP contribution is -2.38. The Labute approximate surface area is 133 Å².